The smallest absolute Gasteiger partial charge is 0.325 e. The maximum absolute atomic E-state index is 12.2. The summed E-state index contributed by atoms with van der Waals surface area (Å²) >= 11 is 0. The number of likely N-dealkylation sites (tertiary alicyclic amines) is 1. The molecular weight excluding hydrogens is 306 g/mol. The minimum absolute atomic E-state index is 0.302. The summed E-state index contributed by atoms with van der Waals surface area (Å²) in [5.41, 5.74) is 1.32. The van der Waals surface area contributed by atoms with Gasteiger partial charge >= 0.3 is 5.69 Å². The normalized spacial score (nSPS) is 19.5. The number of piperidine rings is 1. The maximum Gasteiger partial charge on any atom is 0.325 e. The largest absolute Gasteiger partial charge is 0.364 e. The Morgan fingerprint density at radius 1 is 1.08 bits per heavy atom. The van der Waals surface area contributed by atoms with Crippen molar-refractivity contribution in [1.82, 2.24) is 14.9 Å². The molecule has 1 spiro atoms. The molecule has 126 valence electrons. The predicted molar refractivity (Wildman–Crippen MR) is 90.0 cm³/mol. The number of nitrogens with one attached hydrogen (secondary N) is 2. The first-order valence-electron chi connectivity index (χ1n) is 8.42. The Morgan fingerprint density at radius 2 is 1.83 bits per heavy atom. The van der Waals surface area contributed by atoms with Crippen LogP contribution in [0.3, 0.4) is 0 Å². The molecule has 2 N–H and O–H groups in total. The van der Waals surface area contributed by atoms with Crippen LogP contribution in [0.2, 0.25) is 0 Å². The lowest BCUT2D eigenvalue weighted by Crippen LogP contribution is -2.45. The Bertz CT molecular complexity index is 833. The van der Waals surface area contributed by atoms with Crippen LogP contribution in [-0.2, 0) is 23.4 Å². The summed E-state index contributed by atoms with van der Waals surface area (Å²) in [7, 11) is 0. The lowest BCUT2D eigenvalue weighted by atomic mass is 9.85. The minimum atomic E-state index is -0.531. The molecule has 0 amide bonds. The van der Waals surface area contributed by atoms with Crippen LogP contribution < -0.4 is 11.2 Å². The standard InChI is InChI=1S/C18H21N3O3/c22-16-15-14(19-17(23)20-16)12-24-18(15)7-10-21(11-8-18)9-6-13-4-2-1-3-5-13/h1-5H,6-12H2,(H2,19,20,22,23). The van der Waals surface area contributed by atoms with Gasteiger partial charge in [0.25, 0.3) is 5.56 Å². The highest BCUT2D eigenvalue weighted by Crippen LogP contribution is 2.41. The fourth-order valence-electron chi connectivity index (χ4n) is 3.87. The number of H-pyrrole nitrogens is 2. The summed E-state index contributed by atoms with van der Waals surface area (Å²) in [6.07, 6.45) is 2.59. The molecule has 1 aromatic carbocycles. The van der Waals surface area contributed by atoms with Gasteiger partial charge in [0.15, 0.2) is 0 Å². The van der Waals surface area contributed by atoms with Gasteiger partial charge in [-0.05, 0) is 24.8 Å². The molecule has 3 heterocycles. The maximum atomic E-state index is 12.2. The van der Waals surface area contributed by atoms with Crippen LogP contribution in [0, 0.1) is 0 Å². The molecule has 0 bridgehead atoms. The molecule has 2 aliphatic heterocycles. The second-order valence-corrected chi connectivity index (χ2v) is 6.62. The Hall–Kier alpha value is -2.18. The SMILES string of the molecule is O=c1[nH]c2c(c(=O)[nH]1)C1(CCN(CCc3ccccc3)CC1)OC2. The molecule has 2 aromatic rings. The van der Waals surface area contributed by atoms with Crippen molar-refractivity contribution in [3.63, 3.8) is 0 Å². The van der Waals surface area contributed by atoms with Crippen molar-refractivity contribution in [2.24, 2.45) is 0 Å². The number of fused-ring (bicyclic) bond motifs is 2. The van der Waals surface area contributed by atoms with E-state index in [4.69, 9.17) is 4.74 Å². The zero-order valence-electron chi connectivity index (χ0n) is 13.5. The highest BCUT2D eigenvalue weighted by molar-refractivity contribution is 5.28. The first kappa shape index (κ1) is 15.4. The van der Waals surface area contributed by atoms with Crippen molar-refractivity contribution in [3.8, 4) is 0 Å². The lowest BCUT2D eigenvalue weighted by molar-refractivity contribution is -0.0794. The van der Waals surface area contributed by atoms with E-state index >= 15 is 0 Å². The van der Waals surface area contributed by atoms with Gasteiger partial charge in [-0.3, -0.25) is 9.78 Å². The number of ether oxygens (including phenoxy) is 1. The molecule has 0 atom stereocenters. The van der Waals surface area contributed by atoms with Gasteiger partial charge in [-0.2, -0.15) is 0 Å². The quantitative estimate of drug-likeness (QED) is 0.886. The third-order valence-electron chi connectivity index (χ3n) is 5.19. The number of aromatic nitrogens is 2. The van der Waals surface area contributed by atoms with Crippen LogP contribution in [0.25, 0.3) is 0 Å². The zero-order valence-corrected chi connectivity index (χ0v) is 13.5. The molecule has 0 unspecified atom stereocenters. The van der Waals surface area contributed by atoms with Crippen molar-refractivity contribution >= 4 is 0 Å². The molecule has 0 aliphatic carbocycles. The summed E-state index contributed by atoms with van der Waals surface area (Å²) in [4.78, 5) is 31.1. The highest BCUT2D eigenvalue weighted by Gasteiger charge is 2.45. The van der Waals surface area contributed by atoms with Gasteiger partial charge in [-0.25, -0.2) is 4.79 Å². The molecule has 24 heavy (non-hydrogen) atoms. The summed E-state index contributed by atoms with van der Waals surface area (Å²) in [5.74, 6) is 0. The minimum Gasteiger partial charge on any atom is -0.364 e. The van der Waals surface area contributed by atoms with Gasteiger partial charge in [0.1, 0.15) is 5.60 Å². The van der Waals surface area contributed by atoms with Crippen molar-refractivity contribution in [3.05, 3.63) is 68.0 Å². The summed E-state index contributed by atoms with van der Waals surface area (Å²) in [6, 6.07) is 10.5. The van der Waals surface area contributed by atoms with Crippen molar-refractivity contribution in [2.45, 2.75) is 31.5 Å². The van der Waals surface area contributed by atoms with Gasteiger partial charge in [0, 0.05) is 19.6 Å². The van der Waals surface area contributed by atoms with E-state index < -0.39 is 11.3 Å². The topological polar surface area (TPSA) is 78.2 Å². The molecule has 1 saturated heterocycles. The third kappa shape index (κ3) is 2.72. The molecule has 4 rings (SSSR count). The summed E-state index contributed by atoms with van der Waals surface area (Å²) < 4.78 is 5.98. The van der Waals surface area contributed by atoms with Crippen molar-refractivity contribution < 1.29 is 4.74 Å². The number of hydrogen-bond acceptors (Lipinski definition) is 4. The number of hydrogen-bond donors (Lipinski definition) is 2. The van der Waals surface area contributed by atoms with Crippen LogP contribution in [-0.4, -0.2) is 34.5 Å². The number of benzene rings is 1. The highest BCUT2D eigenvalue weighted by atomic mass is 16.5. The molecule has 2 aliphatic rings. The number of nitrogens with zero attached hydrogens (tertiary/aromatic N) is 1. The third-order valence-corrected chi connectivity index (χ3v) is 5.19. The molecular formula is C18H21N3O3. The fraction of sp³-hybridized carbons (Fsp3) is 0.444. The molecule has 6 heteroatoms. The predicted octanol–water partition coefficient (Wildman–Crippen LogP) is 1.13. The average molecular weight is 327 g/mol. The Kier molecular flexibility index (Phi) is 3.86. The zero-order chi connectivity index (χ0) is 16.6. The Balaban J connectivity index is 1.44. The van der Waals surface area contributed by atoms with E-state index in [9.17, 15) is 9.59 Å². The van der Waals surface area contributed by atoms with E-state index in [0.29, 0.717) is 17.9 Å². The molecule has 1 fully saturated rings. The Labute approximate surface area is 139 Å². The first-order valence-corrected chi connectivity index (χ1v) is 8.42. The van der Waals surface area contributed by atoms with Crippen molar-refractivity contribution in [2.75, 3.05) is 19.6 Å². The fourth-order valence-corrected chi connectivity index (χ4v) is 3.87. The second kappa shape index (κ2) is 6.03. The van der Waals surface area contributed by atoms with Gasteiger partial charge in [0.2, 0.25) is 0 Å². The van der Waals surface area contributed by atoms with Gasteiger partial charge in [-0.1, -0.05) is 30.3 Å². The monoisotopic (exact) mass is 327 g/mol. The van der Waals surface area contributed by atoms with E-state index in [1.165, 1.54) is 5.56 Å². The van der Waals surface area contributed by atoms with Gasteiger partial charge in [0.05, 0.1) is 17.9 Å². The van der Waals surface area contributed by atoms with Crippen LogP contribution in [0.1, 0.15) is 29.7 Å². The van der Waals surface area contributed by atoms with Crippen LogP contribution >= 0.6 is 0 Å². The van der Waals surface area contributed by atoms with Crippen molar-refractivity contribution in [1.29, 1.82) is 0 Å². The van der Waals surface area contributed by atoms with E-state index in [2.05, 4.69) is 39.1 Å². The summed E-state index contributed by atoms with van der Waals surface area (Å²) in [6.45, 7) is 3.11. The van der Waals surface area contributed by atoms with Crippen LogP contribution in [0.4, 0.5) is 0 Å². The van der Waals surface area contributed by atoms with Gasteiger partial charge in [-0.15, -0.1) is 0 Å². The van der Waals surface area contributed by atoms with Crippen LogP contribution in [0.5, 0.6) is 0 Å². The van der Waals surface area contributed by atoms with Gasteiger partial charge < -0.3 is 14.6 Å². The number of rotatable bonds is 3. The van der Waals surface area contributed by atoms with Crippen LogP contribution in [0.15, 0.2) is 39.9 Å². The molecule has 0 radical (unpaired) electrons. The number of aromatic amines is 2. The van der Waals surface area contributed by atoms with E-state index in [-0.39, 0.29) is 5.56 Å². The first-order chi connectivity index (χ1) is 11.7. The summed E-state index contributed by atoms with van der Waals surface area (Å²) in [5, 5.41) is 0. The van der Waals surface area contributed by atoms with E-state index in [0.717, 1.165) is 38.9 Å². The lowest BCUT2D eigenvalue weighted by Gasteiger charge is -2.38. The van der Waals surface area contributed by atoms with E-state index in [1.54, 1.807) is 0 Å². The molecule has 0 saturated carbocycles. The second-order valence-electron chi connectivity index (χ2n) is 6.62. The Morgan fingerprint density at radius 3 is 2.58 bits per heavy atom. The molecule has 1 aromatic heterocycles. The average Bonchev–Trinajstić information content (AvgIpc) is 2.94. The van der Waals surface area contributed by atoms with E-state index in [1.807, 2.05) is 6.07 Å². The molecule has 6 nitrogen and oxygen atoms in total.